The molecule has 0 spiro atoms. The third kappa shape index (κ3) is 3.35. The fraction of sp³-hybridized carbons (Fsp3) is 0.500. The Balaban J connectivity index is 1.62. The molecule has 3 rings (SSSR count). The number of hydrogen-bond acceptors (Lipinski definition) is 4. The van der Waals surface area contributed by atoms with Gasteiger partial charge in [-0.3, -0.25) is 4.79 Å². The lowest BCUT2D eigenvalue weighted by Crippen LogP contribution is -2.21. The first kappa shape index (κ1) is 14.3. The van der Waals surface area contributed by atoms with Crippen molar-refractivity contribution in [2.24, 2.45) is 0 Å². The molecule has 4 nitrogen and oxygen atoms in total. The van der Waals surface area contributed by atoms with Crippen molar-refractivity contribution in [2.45, 2.75) is 52.0 Å². The molecule has 2 aromatic rings. The van der Waals surface area contributed by atoms with Crippen LogP contribution in [-0.2, 0) is 25.8 Å². The van der Waals surface area contributed by atoms with Gasteiger partial charge in [-0.15, -0.1) is 11.3 Å². The van der Waals surface area contributed by atoms with Crippen LogP contribution < -0.4 is 5.32 Å². The van der Waals surface area contributed by atoms with Gasteiger partial charge in [0.1, 0.15) is 5.76 Å². The second-order valence-electron chi connectivity index (χ2n) is 5.38. The van der Waals surface area contributed by atoms with Gasteiger partial charge in [0, 0.05) is 11.3 Å². The number of aromatic nitrogens is 1. The summed E-state index contributed by atoms with van der Waals surface area (Å²) in [5, 5.41) is 2.92. The van der Waals surface area contributed by atoms with Crippen molar-refractivity contribution in [3.63, 3.8) is 0 Å². The molecular weight excluding hydrogens is 284 g/mol. The summed E-state index contributed by atoms with van der Waals surface area (Å²) in [7, 11) is 0. The Kier molecular flexibility index (Phi) is 4.39. The first-order valence-corrected chi connectivity index (χ1v) is 8.41. The molecule has 0 saturated carbocycles. The van der Waals surface area contributed by atoms with E-state index in [1.54, 1.807) is 17.5 Å². The molecule has 0 bridgehead atoms. The van der Waals surface area contributed by atoms with E-state index < -0.39 is 0 Å². The van der Waals surface area contributed by atoms with Gasteiger partial charge in [-0.25, -0.2) is 4.98 Å². The summed E-state index contributed by atoms with van der Waals surface area (Å²) in [6.07, 6.45) is 8.47. The second-order valence-corrected chi connectivity index (χ2v) is 6.51. The van der Waals surface area contributed by atoms with Crippen LogP contribution in [0, 0.1) is 0 Å². The molecule has 1 aliphatic rings. The molecule has 0 unspecified atom stereocenters. The third-order valence-electron chi connectivity index (χ3n) is 3.80. The average Bonchev–Trinajstić information content (AvgIpc) is 3.07. The molecule has 2 heterocycles. The molecule has 1 aliphatic carbocycles. The average molecular weight is 304 g/mol. The number of carbonyl (C=O) groups is 1. The van der Waals surface area contributed by atoms with Crippen LogP contribution in [0.4, 0.5) is 0 Å². The largest absolute Gasteiger partial charge is 0.444 e. The fourth-order valence-electron chi connectivity index (χ4n) is 2.63. The van der Waals surface area contributed by atoms with E-state index in [1.165, 1.54) is 29.7 Å². The molecule has 0 aromatic carbocycles. The van der Waals surface area contributed by atoms with Crippen LogP contribution in [0.5, 0.6) is 0 Å². The molecule has 0 fully saturated rings. The number of amides is 1. The SMILES string of the molecule is CCc1ncc(CNC(=O)c2cc3c(s2)CCCCC3)o1. The Morgan fingerprint density at radius 1 is 1.38 bits per heavy atom. The summed E-state index contributed by atoms with van der Waals surface area (Å²) in [5.74, 6) is 1.41. The minimum absolute atomic E-state index is 0.0116. The van der Waals surface area contributed by atoms with E-state index in [0.29, 0.717) is 18.2 Å². The first-order chi connectivity index (χ1) is 10.3. The summed E-state index contributed by atoms with van der Waals surface area (Å²) < 4.78 is 5.49. The quantitative estimate of drug-likeness (QED) is 0.880. The summed E-state index contributed by atoms with van der Waals surface area (Å²) in [6, 6.07) is 2.07. The van der Waals surface area contributed by atoms with Gasteiger partial charge in [0.05, 0.1) is 17.6 Å². The molecule has 0 atom stereocenters. The highest BCUT2D eigenvalue weighted by atomic mass is 32.1. The van der Waals surface area contributed by atoms with Gasteiger partial charge in [-0.05, 0) is 37.3 Å². The molecule has 0 radical (unpaired) electrons. The maximum absolute atomic E-state index is 12.2. The number of rotatable bonds is 4. The van der Waals surface area contributed by atoms with Crippen LogP contribution in [-0.4, -0.2) is 10.9 Å². The number of fused-ring (bicyclic) bond motifs is 1. The Morgan fingerprint density at radius 3 is 3.05 bits per heavy atom. The summed E-state index contributed by atoms with van der Waals surface area (Å²) >= 11 is 1.64. The highest BCUT2D eigenvalue weighted by Crippen LogP contribution is 2.28. The monoisotopic (exact) mass is 304 g/mol. The first-order valence-electron chi connectivity index (χ1n) is 7.59. The number of hydrogen-bond donors (Lipinski definition) is 1. The van der Waals surface area contributed by atoms with Crippen molar-refractivity contribution < 1.29 is 9.21 Å². The van der Waals surface area contributed by atoms with Crippen molar-refractivity contribution >= 4 is 17.2 Å². The topological polar surface area (TPSA) is 55.1 Å². The molecule has 112 valence electrons. The third-order valence-corrected chi connectivity index (χ3v) is 5.03. The summed E-state index contributed by atoms with van der Waals surface area (Å²) in [4.78, 5) is 18.6. The van der Waals surface area contributed by atoms with Crippen LogP contribution in [0.15, 0.2) is 16.7 Å². The maximum atomic E-state index is 12.2. The van der Waals surface area contributed by atoms with E-state index in [2.05, 4.69) is 16.4 Å². The zero-order valence-electron chi connectivity index (χ0n) is 12.3. The van der Waals surface area contributed by atoms with Crippen LogP contribution in [0.3, 0.4) is 0 Å². The molecule has 1 amide bonds. The number of oxazole rings is 1. The van der Waals surface area contributed by atoms with E-state index in [1.807, 2.05) is 6.92 Å². The van der Waals surface area contributed by atoms with Crippen molar-refractivity contribution in [2.75, 3.05) is 0 Å². The van der Waals surface area contributed by atoms with Gasteiger partial charge >= 0.3 is 0 Å². The number of aryl methyl sites for hydroxylation is 3. The van der Waals surface area contributed by atoms with Crippen molar-refractivity contribution in [1.82, 2.24) is 10.3 Å². The van der Waals surface area contributed by atoms with E-state index in [9.17, 15) is 4.79 Å². The normalized spacial score (nSPS) is 14.5. The molecule has 2 aromatic heterocycles. The van der Waals surface area contributed by atoms with Crippen molar-refractivity contribution in [3.05, 3.63) is 39.2 Å². The van der Waals surface area contributed by atoms with Crippen molar-refractivity contribution in [3.8, 4) is 0 Å². The standard InChI is InChI=1S/C16H20N2O2S/c1-2-15-17-9-12(20-15)10-18-16(19)14-8-11-6-4-3-5-7-13(11)21-14/h8-9H,2-7,10H2,1H3,(H,18,19). The number of nitrogens with one attached hydrogen (secondary N) is 1. The second kappa shape index (κ2) is 6.43. The number of thiophene rings is 1. The van der Waals surface area contributed by atoms with Crippen LogP contribution in [0.1, 0.15) is 57.9 Å². The van der Waals surface area contributed by atoms with E-state index >= 15 is 0 Å². The summed E-state index contributed by atoms with van der Waals surface area (Å²) in [6.45, 7) is 2.39. The minimum Gasteiger partial charge on any atom is -0.444 e. The van der Waals surface area contributed by atoms with E-state index in [0.717, 1.165) is 24.1 Å². The molecular formula is C16H20N2O2S. The number of nitrogens with zero attached hydrogens (tertiary/aromatic N) is 1. The van der Waals surface area contributed by atoms with Gasteiger partial charge in [0.25, 0.3) is 5.91 Å². The smallest absolute Gasteiger partial charge is 0.261 e. The molecule has 0 saturated heterocycles. The van der Waals surface area contributed by atoms with Gasteiger partial charge < -0.3 is 9.73 Å². The van der Waals surface area contributed by atoms with Crippen LogP contribution >= 0.6 is 11.3 Å². The molecule has 21 heavy (non-hydrogen) atoms. The van der Waals surface area contributed by atoms with Crippen molar-refractivity contribution in [1.29, 1.82) is 0 Å². The zero-order chi connectivity index (χ0) is 14.7. The fourth-order valence-corrected chi connectivity index (χ4v) is 3.80. The van der Waals surface area contributed by atoms with Gasteiger partial charge in [-0.1, -0.05) is 13.3 Å². The van der Waals surface area contributed by atoms with E-state index in [4.69, 9.17) is 4.42 Å². The number of carbonyl (C=O) groups excluding carboxylic acids is 1. The predicted molar refractivity (Wildman–Crippen MR) is 82.6 cm³/mol. The molecule has 0 aliphatic heterocycles. The Hall–Kier alpha value is -1.62. The summed E-state index contributed by atoms with van der Waals surface area (Å²) in [5.41, 5.74) is 1.37. The van der Waals surface area contributed by atoms with Crippen LogP contribution in [0.2, 0.25) is 0 Å². The van der Waals surface area contributed by atoms with Gasteiger partial charge in [0.15, 0.2) is 5.89 Å². The molecule has 5 heteroatoms. The Labute approximate surface area is 128 Å². The zero-order valence-corrected chi connectivity index (χ0v) is 13.1. The molecule has 1 N–H and O–H groups in total. The van der Waals surface area contributed by atoms with Gasteiger partial charge in [0.2, 0.25) is 0 Å². The lowest BCUT2D eigenvalue weighted by Gasteiger charge is -2.00. The van der Waals surface area contributed by atoms with E-state index in [-0.39, 0.29) is 5.91 Å². The maximum Gasteiger partial charge on any atom is 0.261 e. The Morgan fingerprint density at radius 2 is 2.24 bits per heavy atom. The minimum atomic E-state index is -0.0116. The predicted octanol–water partition coefficient (Wildman–Crippen LogP) is 3.50. The van der Waals surface area contributed by atoms with Gasteiger partial charge in [-0.2, -0.15) is 0 Å². The van der Waals surface area contributed by atoms with Crippen LogP contribution in [0.25, 0.3) is 0 Å². The highest BCUT2D eigenvalue weighted by Gasteiger charge is 2.16. The lowest BCUT2D eigenvalue weighted by molar-refractivity contribution is 0.0952. The Bertz CT molecular complexity index is 607. The highest BCUT2D eigenvalue weighted by molar-refractivity contribution is 7.14. The lowest BCUT2D eigenvalue weighted by atomic mass is 10.1.